The normalized spacial score (nSPS) is 23.2. The molecule has 1 aliphatic heterocycles. The summed E-state index contributed by atoms with van der Waals surface area (Å²) in [5.41, 5.74) is 6.80. The highest BCUT2D eigenvalue weighted by molar-refractivity contribution is 5.90. The molecule has 1 rings (SSSR count). The highest BCUT2D eigenvalue weighted by Crippen LogP contribution is 2.18. The number of aliphatic hydroxyl groups is 1. The smallest absolute Gasteiger partial charge is 0.137 e. The minimum Gasteiger partial charge on any atom is -0.385 e. The first-order valence-corrected chi connectivity index (χ1v) is 3.62. The van der Waals surface area contributed by atoms with E-state index < -0.39 is 6.10 Å². The van der Waals surface area contributed by atoms with Crippen LogP contribution in [0.2, 0.25) is 0 Å². The zero-order valence-electron chi connectivity index (χ0n) is 7.28. The van der Waals surface area contributed by atoms with Gasteiger partial charge in [0, 0.05) is 19.7 Å². The third-order valence-electron chi connectivity index (χ3n) is 1.76. The molecular formula is C8H13N3O. The Balaban J connectivity index is 2.98. The van der Waals surface area contributed by atoms with Gasteiger partial charge in [0.15, 0.2) is 0 Å². The molecule has 4 nitrogen and oxygen atoms in total. The Morgan fingerprint density at radius 1 is 1.67 bits per heavy atom. The van der Waals surface area contributed by atoms with Crippen molar-refractivity contribution in [1.29, 1.82) is 0 Å². The summed E-state index contributed by atoms with van der Waals surface area (Å²) in [7, 11) is 3.72. The zero-order chi connectivity index (χ0) is 9.30. The van der Waals surface area contributed by atoms with Crippen LogP contribution in [0, 0.1) is 0 Å². The first kappa shape index (κ1) is 8.80. The molecular weight excluding hydrogens is 154 g/mol. The van der Waals surface area contributed by atoms with Gasteiger partial charge in [0.2, 0.25) is 0 Å². The third kappa shape index (κ3) is 1.33. The molecule has 4 heteroatoms. The van der Waals surface area contributed by atoms with E-state index in [0.717, 1.165) is 5.70 Å². The molecule has 0 radical (unpaired) electrons. The standard InChI is InChI=1S/C8H13N3O/c1-5-6(11(2)3)4-10-8(9)7(5)12/h4,7,12H,1H2,2-3H3,(H2,9,10). The molecule has 66 valence electrons. The number of aliphatic imine (C=N–C) groups is 1. The van der Waals surface area contributed by atoms with Crippen LogP contribution in [0.1, 0.15) is 0 Å². The van der Waals surface area contributed by atoms with Crippen LogP contribution < -0.4 is 5.73 Å². The van der Waals surface area contributed by atoms with Crippen LogP contribution in [-0.4, -0.2) is 36.0 Å². The largest absolute Gasteiger partial charge is 0.385 e. The summed E-state index contributed by atoms with van der Waals surface area (Å²) in [6.45, 7) is 3.73. The monoisotopic (exact) mass is 167 g/mol. The van der Waals surface area contributed by atoms with Gasteiger partial charge < -0.3 is 15.7 Å². The van der Waals surface area contributed by atoms with E-state index in [9.17, 15) is 5.11 Å². The van der Waals surface area contributed by atoms with Gasteiger partial charge in [-0.05, 0) is 0 Å². The number of nitrogens with zero attached hydrogens (tertiary/aromatic N) is 2. The average Bonchev–Trinajstić information content (AvgIpc) is 2.00. The van der Waals surface area contributed by atoms with Gasteiger partial charge in [0.1, 0.15) is 11.9 Å². The lowest BCUT2D eigenvalue weighted by Crippen LogP contribution is -2.35. The summed E-state index contributed by atoms with van der Waals surface area (Å²) in [5, 5.41) is 9.44. The highest BCUT2D eigenvalue weighted by atomic mass is 16.3. The number of nitrogens with two attached hydrogens (primary N) is 1. The Hall–Kier alpha value is -1.29. The lowest BCUT2D eigenvalue weighted by atomic mass is 10.1. The maximum Gasteiger partial charge on any atom is 0.137 e. The lowest BCUT2D eigenvalue weighted by Gasteiger charge is -2.24. The van der Waals surface area contributed by atoms with E-state index >= 15 is 0 Å². The summed E-state index contributed by atoms with van der Waals surface area (Å²) in [4.78, 5) is 5.68. The van der Waals surface area contributed by atoms with E-state index in [1.54, 1.807) is 6.20 Å². The van der Waals surface area contributed by atoms with Gasteiger partial charge in [-0.1, -0.05) is 6.58 Å². The number of likely N-dealkylation sites (N-methyl/N-ethyl adjacent to an activating group) is 1. The minimum atomic E-state index is -0.840. The molecule has 0 bridgehead atoms. The molecule has 0 fully saturated rings. The second-order valence-electron chi connectivity index (χ2n) is 2.89. The average molecular weight is 167 g/mol. The summed E-state index contributed by atoms with van der Waals surface area (Å²) >= 11 is 0. The quantitative estimate of drug-likeness (QED) is 0.562. The van der Waals surface area contributed by atoms with Crippen LogP contribution in [0.15, 0.2) is 29.0 Å². The Labute approximate surface area is 71.7 Å². The van der Waals surface area contributed by atoms with Crippen LogP contribution in [0.25, 0.3) is 0 Å². The van der Waals surface area contributed by atoms with Crippen LogP contribution in [0.5, 0.6) is 0 Å². The van der Waals surface area contributed by atoms with Gasteiger partial charge in [-0.15, -0.1) is 0 Å². The molecule has 0 aromatic carbocycles. The highest BCUT2D eigenvalue weighted by Gasteiger charge is 2.21. The van der Waals surface area contributed by atoms with E-state index in [1.807, 2.05) is 19.0 Å². The number of rotatable bonds is 1. The third-order valence-corrected chi connectivity index (χ3v) is 1.76. The number of aliphatic hydroxyl groups excluding tert-OH is 1. The Morgan fingerprint density at radius 3 is 2.75 bits per heavy atom. The predicted molar refractivity (Wildman–Crippen MR) is 48.5 cm³/mol. The topological polar surface area (TPSA) is 61.8 Å². The SMILES string of the molecule is C=C1C(N(C)C)=CN=C(N)C1O. The Kier molecular flexibility index (Phi) is 2.19. The molecule has 1 atom stereocenters. The fourth-order valence-electron chi connectivity index (χ4n) is 1.01. The van der Waals surface area contributed by atoms with Crippen LogP contribution in [-0.2, 0) is 0 Å². The van der Waals surface area contributed by atoms with Crippen molar-refractivity contribution in [3.63, 3.8) is 0 Å². The molecule has 0 aliphatic carbocycles. The van der Waals surface area contributed by atoms with Crippen molar-refractivity contribution >= 4 is 5.84 Å². The summed E-state index contributed by atoms with van der Waals surface area (Å²) in [6.07, 6.45) is 0.761. The van der Waals surface area contributed by atoms with Gasteiger partial charge in [-0.25, -0.2) is 4.99 Å². The molecule has 0 aromatic rings. The van der Waals surface area contributed by atoms with Gasteiger partial charge in [-0.3, -0.25) is 0 Å². The molecule has 0 aromatic heterocycles. The van der Waals surface area contributed by atoms with Crippen LogP contribution in [0.3, 0.4) is 0 Å². The number of hydrogen-bond acceptors (Lipinski definition) is 4. The summed E-state index contributed by atoms with van der Waals surface area (Å²) in [6, 6.07) is 0. The molecule has 12 heavy (non-hydrogen) atoms. The number of amidine groups is 1. The van der Waals surface area contributed by atoms with Crippen molar-refractivity contribution in [2.24, 2.45) is 10.7 Å². The molecule has 1 heterocycles. The van der Waals surface area contributed by atoms with E-state index in [0.29, 0.717) is 5.57 Å². The molecule has 0 spiro atoms. The second-order valence-corrected chi connectivity index (χ2v) is 2.89. The fraction of sp³-hybridized carbons (Fsp3) is 0.375. The maximum atomic E-state index is 9.44. The first-order valence-electron chi connectivity index (χ1n) is 3.62. The predicted octanol–water partition coefficient (Wildman–Crippen LogP) is -0.323. The summed E-state index contributed by atoms with van der Waals surface area (Å²) in [5.74, 6) is 0.200. The maximum absolute atomic E-state index is 9.44. The van der Waals surface area contributed by atoms with Crippen LogP contribution in [0.4, 0.5) is 0 Å². The molecule has 1 aliphatic rings. The van der Waals surface area contributed by atoms with E-state index in [4.69, 9.17) is 5.73 Å². The van der Waals surface area contributed by atoms with Crippen molar-refractivity contribution in [1.82, 2.24) is 4.90 Å². The van der Waals surface area contributed by atoms with Gasteiger partial charge >= 0.3 is 0 Å². The summed E-state index contributed by atoms with van der Waals surface area (Å²) < 4.78 is 0. The van der Waals surface area contributed by atoms with E-state index in [2.05, 4.69) is 11.6 Å². The van der Waals surface area contributed by atoms with Gasteiger partial charge in [-0.2, -0.15) is 0 Å². The van der Waals surface area contributed by atoms with Gasteiger partial charge in [0.25, 0.3) is 0 Å². The van der Waals surface area contributed by atoms with Crippen molar-refractivity contribution in [2.45, 2.75) is 6.10 Å². The van der Waals surface area contributed by atoms with Gasteiger partial charge in [0.05, 0.1) is 11.9 Å². The second kappa shape index (κ2) is 2.98. The molecule has 0 amide bonds. The lowest BCUT2D eigenvalue weighted by molar-refractivity contribution is 0.270. The van der Waals surface area contributed by atoms with E-state index in [1.165, 1.54) is 0 Å². The molecule has 0 saturated carbocycles. The Bertz CT molecular complexity index is 265. The van der Waals surface area contributed by atoms with Crippen molar-refractivity contribution in [3.05, 3.63) is 24.0 Å². The minimum absolute atomic E-state index is 0.200. The fourth-order valence-corrected chi connectivity index (χ4v) is 1.01. The van der Waals surface area contributed by atoms with Crippen molar-refractivity contribution < 1.29 is 5.11 Å². The zero-order valence-corrected chi connectivity index (χ0v) is 7.28. The molecule has 1 unspecified atom stereocenters. The Morgan fingerprint density at radius 2 is 2.25 bits per heavy atom. The first-order chi connectivity index (χ1) is 5.54. The van der Waals surface area contributed by atoms with Crippen molar-refractivity contribution in [3.8, 4) is 0 Å². The van der Waals surface area contributed by atoms with E-state index in [-0.39, 0.29) is 5.84 Å². The molecule has 3 N–H and O–H groups in total. The molecule has 0 saturated heterocycles. The van der Waals surface area contributed by atoms with Crippen molar-refractivity contribution in [2.75, 3.05) is 14.1 Å². The van der Waals surface area contributed by atoms with Crippen LogP contribution >= 0.6 is 0 Å². The number of hydrogen-bond donors (Lipinski definition) is 2.